The molecular formula is C16H19N7O2. The van der Waals surface area contributed by atoms with Crippen LogP contribution >= 0.6 is 0 Å². The molecule has 0 aromatic carbocycles. The smallest absolute Gasteiger partial charge is 0.221 e. The lowest BCUT2D eigenvalue weighted by molar-refractivity contribution is 0.138. The number of hydrogen-bond donors (Lipinski definition) is 0. The first kappa shape index (κ1) is 16.5. The lowest BCUT2D eigenvalue weighted by atomic mass is 10.3. The fraction of sp³-hybridized carbons (Fsp3) is 0.250. The van der Waals surface area contributed by atoms with Crippen LogP contribution in [0.5, 0.6) is 0 Å². The van der Waals surface area contributed by atoms with Crippen molar-refractivity contribution in [1.29, 1.82) is 0 Å². The Hall–Kier alpha value is -3.36. The quantitative estimate of drug-likeness (QED) is 0.551. The van der Waals surface area contributed by atoms with Crippen LogP contribution in [0, 0.1) is 0 Å². The normalized spacial score (nSPS) is 10.4. The van der Waals surface area contributed by atoms with Crippen LogP contribution < -0.4 is 14.6 Å². The van der Waals surface area contributed by atoms with Crippen molar-refractivity contribution in [3.05, 3.63) is 42.9 Å². The van der Waals surface area contributed by atoms with Gasteiger partial charge in [-0.25, -0.2) is 9.97 Å². The Morgan fingerprint density at radius 1 is 0.960 bits per heavy atom. The second-order valence-electron chi connectivity index (χ2n) is 5.28. The van der Waals surface area contributed by atoms with Crippen molar-refractivity contribution in [2.75, 3.05) is 33.2 Å². The van der Waals surface area contributed by atoms with Gasteiger partial charge in [-0.2, -0.15) is 4.73 Å². The van der Waals surface area contributed by atoms with E-state index in [1.54, 1.807) is 24.2 Å². The molecule has 0 amide bonds. The monoisotopic (exact) mass is 341 g/mol. The van der Waals surface area contributed by atoms with Gasteiger partial charge < -0.3 is 14.6 Å². The summed E-state index contributed by atoms with van der Waals surface area (Å²) in [7, 11) is 7.04. The molecule has 0 N–H and O–H groups in total. The van der Waals surface area contributed by atoms with Crippen LogP contribution in [0.4, 0.5) is 5.69 Å². The van der Waals surface area contributed by atoms with Crippen LogP contribution in [0.1, 0.15) is 0 Å². The highest BCUT2D eigenvalue weighted by molar-refractivity contribution is 5.84. The Bertz CT molecular complexity index is 977. The van der Waals surface area contributed by atoms with Gasteiger partial charge in [0, 0.05) is 38.1 Å². The number of anilines is 1. The van der Waals surface area contributed by atoms with Gasteiger partial charge in [0.05, 0.1) is 5.69 Å². The summed E-state index contributed by atoms with van der Waals surface area (Å²) in [5.41, 5.74) is 3.19. The maximum Gasteiger partial charge on any atom is 0.221 e. The van der Waals surface area contributed by atoms with Crippen LogP contribution in [0.25, 0.3) is 22.2 Å². The molecule has 9 heteroatoms. The van der Waals surface area contributed by atoms with Crippen LogP contribution in [0.3, 0.4) is 0 Å². The second kappa shape index (κ2) is 7.04. The van der Waals surface area contributed by atoms with Gasteiger partial charge in [0.25, 0.3) is 0 Å². The summed E-state index contributed by atoms with van der Waals surface area (Å²) >= 11 is 0. The summed E-state index contributed by atoms with van der Waals surface area (Å²) in [6.45, 7) is 0. The molecule has 4 rings (SSSR count). The van der Waals surface area contributed by atoms with E-state index in [1.165, 1.54) is 12.0 Å². The molecule has 0 saturated heterocycles. The Balaban J connectivity index is 0.000000150. The van der Waals surface area contributed by atoms with Crippen molar-refractivity contribution >= 4 is 27.9 Å². The zero-order valence-corrected chi connectivity index (χ0v) is 14.5. The first-order valence-corrected chi connectivity index (χ1v) is 7.54. The van der Waals surface area contributed by atoms with Gasteiger partial charge in [-0.1, -0.05) is 4.85 Å². The van der Waals surface area contributed by atoms with Crippen molar-refractivity contribution in [2.24, 2.45) is 0 Å². The van der Waals surface area contributed by atoms with E-state index >= 15 is 0 Å². The molecule has 4 aromatic heterocycles. The van der Waals surface area contributed by atoms with Crippen molar-refractivity contribution < 1.29 is 9.68 Å². The zero-order chi connectivity index (χ0) is 17.8. The molecule has 0 aliphatic rings. The summed E-state index contributed by atoms with van der Waals surface area (Å²) in [6, 6.07) is 7.75. The SMILES string of the molecule is COn1ccc2cccnc21.COn1nnc2c(N(C)C)ccnc21. The van der Waals surface area contributed by atoms with E-state index in [0.29, 0.717) is 5.65 Å². The molecule has 0 atom stereocenters. The summed E-state index contributed by atoms with van der Waals surface area (Å²) in [4.78, 5) is 21.5. The Kier molecular flexibility index (Phi) is 4.64. The number of hydrogen-bond acceptors (Lipinski definition) is 7. The molecule has 9 nitrogen and oxygen atoms in total. The summed E-state index contributed by atoms with van der Waals surface area (Å²) < 4.78 is 1.63. The molecule has 0 fully saturated rings. The average molecular weight is 341 g/mol. The molecule has 4 heterocycles. The van der Waals surface area contributed by atoms with Crippen LogP contribution in [0.2, 0.25) is 0 Å². The van der Waals surface area contributed by atoms with Gasteiger partial charge in [0.15, 0.2) is 11.2 Å². The number of rotatable bonds is 3. The predicted molar refractivity (Wildman–Crippen MR) is 94.4 cm³/mol. The van der Waals surface area contributed by atoms with Crippen LogP contribution in [-0.2, 0) is 0 Å². The van der Waals surface area contributed by atoms with E-state index in [4.69, 9.17) is 9.68 Å². The fourth-order valence-corrected chi connectivity index (χ4v) is 2.37. The Morgan fingerprint density at radius 2 is 1.76 bits per heavy atom. The molecular weight excluding hydrogens is 322 g/mol. The lowest BCUT2D eigenvalue weighted by Gasteiger charge is -2.11. The van der Waals surface area contributed by atoms with E-state index in [0.717, 1.165) is 22.2 Å². The minimum Gasteiger partial charge on any atom is -0.416 e. The summed E-state index contributed by atoms with van der Waals surface area (Å²) in [6.07, 6.45) is 5.30. The number of aromatic nitrogens is 6. The molecule has 25 heavy (non-hydrogen) atoms. The van der Waals surface area contributed by atoms with E-state index in [2.05, 4.69) is 20.3 Å². The van der Waals surface area contributed by atoms with Gasteiger partial charge in [0.2, 0.25) is 5.65 Å². The average Bonchev–Trinajstić information content (AvgIpc) is 3.25. The molecule has 0 unspecified atom stereocenters. The minimum atomic E-state index is 0.624. The fourth-order valence-electron chi connectivity index (χ4n) is 2.37. The molecule has 0 saturated carbocycles. The van der Waals surface area contributed by atoms with Crippen molar-refractivity contribution in [2.45, 2.75) is 0 Å². The first-order chi connectivity index (χ1) is 12.2. The Morgan fingerprint density at radius 3 is 2.48 bits per heavy atom. The summed E-state index contributed by atoms with van der Waals surface area (Å²) in [5.74, 6) is 0. The highest BCUT2D eigenvalue weighted by atomic mass is 16.7. The first-order valence-electron chi connectivity index (χ1n) is 7.54. The van der Waals surface area contributed by atoms with Gasteiger partial charge in [-0.05, 0) is 29.5 Å². The number of pyridine rings is 2. The van der Waals surface area contributed by atoms with E-state index in [9.17, 15) is 0 Å². The van der Waals surface area contributed by atoms with Crippen molar-refractivity contribution in [3.63, 3.8) is 0 Å². The van der Waals surface area contributed by atoms with Gasteiger partial charge in [-0.15, -0.1) is 5.10 Å². The van der Waals surface area contributed by atoms with E-state index in [1.807, 2.05) is 49.5 Å². The zero-order valence-electron chi connectivity index (χ0n) is 14.5. The minimum absolute atomic E-state index is 0.624. The maximum absolute atomic E-state index is 5.02. The lowest BCUT2D eigenvalue weighted by Crippen LogP contribution is -2.10. The largest absolute Gasteiger partial charge is 0.416 e. The summed E-state index contributed by atoms with van der Waals surface area (Å²) in [5, 5.41) is 8.90. The predicted octanol–water partition coefficient (Wildman–Crippen LogP) is 1.05. The third kappa shape index (κ3) is 3.16. The van der Waals surface area contributed by atoms with Crippen molar-refractivity contribution in [1.82, 2.24) is 29.9 Å². The molecule has 0 aliphatic carbocycles. The van der Waals surface area contributed by atoms with Gasteiger partial charge in [-0.3, -0.25) is 0 Å². The molecule has 0 aliphatic heterocycles. The topological polar surface area (TPSA) is 83.1 Å². The van der Waals surface area contributed by atoms with E-state index < -0.39 is 0 Å². The van der Waals surface area contributed by atoms with Crippen LogP contribution in [-0.4, -0.2) is 58.2 Å². The molecule has 4 aromatic rings. The molecule has 0 bridgehead atoms. The number of fused-ring (bicyclic) bond motifs is 2. The van der Waals surface area contributed by atoms with E-state index in [-0.39, 0.29) is 0 Å². The van der Waals surface area contributed by atoms with Gasteiger partial charge >= 0.3 is 0 Å². The molecule has 130 valence electrons. The standard InChI is InChI=1S/C8H11N5O.C8H8N2O/c1-12(2)6-4-5-9-8-7(6)10-11-13(8)14-3;1-11-10-6-4-7-3-2-5-9-8(7)10/h4-5H,1-3H3;2-6H,1H3. The highest BCUT2D eigenvalue weighted by Crippen LogP contribution is 2.20. The number of nitrogens with zero attached hydrogens (tertiary/aromatic N) is 7. The maximum atomic E-state index is 5.02. The molecule has 0 spiro atoms. The Labute approximate surface area is 144 Å². The molecule has 0 radical (unpaired) electrons. The van der Waals surface area contributed by atoms with Crippen LogP contribution in [0.15, 0.2) is 42.9 Å². The van der Waals surface area contributed by atoms with Gasteiger partial charge in [0.1, 0.15) is 14.2 Å². The highest BCUT2D eigenvalue weighted by Gasteiger charge is 2.11. The third-order valence-corrected chi connectivity index (χ3v) is 3.56. The third-order valence-electron chi connectivity index (χ3n) is 3.56. The van der Waals surface area contributed by atoms with Crippen molar-refractivity contribution in [3.8, 4) is 0 Å². The second-order valence-corrected chi connectivity index (χ2v) is 5.28.